The molecular weight excluding hydrogens is 434 g/mol. The van der Waals surface area contributed by atoms with Crippen molar-refractivity contribution in [3.05, 3.63) is 63.2 Å². The van der Waals surface area contributed by atoms with E-state index in [0.717, 1.165) is 16.7 Å². The van der Waals surface area contributed by atoms with E-state index < -0.39 is 15.9 Å². The maximum absolute atomic E-state index is 13.1. The van der Waals surface area contributed by atoms with Gasteiger partial charge in [-0.3, -0.25) is 4.79 Å². The molecule has 1 aliphatic heterocycles. The van der Waals surface area contributed by atoms with Crippen LogP contribution >= 0.6 is 11.6 Å². The minimum atomic E-state index is -3.69. The molecule has 1 saturated heterocycles. The molecule has 0 spiro atoms. The fraction of sp³-hybridized carbons (Fsp3) is 0.435. The van der Waals surface area contributed by atoms with Gasteiger partial charge in [0, 0.05) is 26.2 Å². The number of nitrogens with one attached hydrogen (secondary N) is 1. The Morgan fingerprint density at radius 2 is 1.61 bits per heavy atom. The van der Waals surface area contributed by atoms with Crippen LogP contribution in [-0.2, 0) is 10.0 Å². The molecule has 1 N–H and O–H groups in total. The number of nitrogens with zero attached hydrogens (tertiary/aromatic N) is 2. The molecule has 6 nitrogen and oxygen atoms in total. The van der Waals surface area contributed by atoms with Crippen LogP contribution in [0.2, 0.25) is 5.02 Å². The molecule has 31 heavy (non-hydrogen) atoms. The first-order valence-electron chi connectivity index (χ1n) is 10.4. The highest BCUT2D eigenvalue weighted by Crippen LogP contribution is 2.26. The fourth-order valence-corrected chi connectivity index (χ4v) is 5.47. The fourth-order valence-electron chi connectivity index (χ4n) is 3.82. The maximum atomic E-state index is 13.1. The number of sulfonamides is 1. The Labute approximate surface area is 190 Å². The van der Waals surface area contributed by atoms with Gasteiger partial charge in [-0.2, -0.15) is 4.31 Å². The molecule has 2 aromatic carbocycles. The van der Waals surface area contributed by atoms with Gasteiger partial charge in [0.2, 0.25) is 10.0 Å². The van der Waals surface area contributed by atoms with Gasteiger partial charge in [0.05, 0.1) is 21.5 Å². The molecule has 0 aromatic heterocycles. The van der Waals surface area contributed by atoms with E-state index in [0.29, 0.717) is 26.2 Å². The van der Waals surface area contributed by atoms with Crippen molar-refractivity contribution in [1.82, 2.24) is 14.5 Å². The zero-order chi connectivity index (χ0) is 22.9. The molecule has 168 valence electrons. The molecular formula is C23H30ClN3O3S. The standard InChI is InChI=1S/C23H30ClN3O3S/c1-15-12-17(3)20(13-16(15)2)18(4)25-23(28)21-14-19(6-7-22(21)24)31(29,30)27-10-8-26(5)9-11-27/h6-7,12-14,18H,8-11H2,1-5H3,(H,25,28)/t18-/m0/s1. The number of benzene rings is 2. The second-order valence-electron chi connectivity index (χ2n) is 8.34. The molecule has 0 saturated carbocycles. The predicted octanol–water partition coefficient (Wildman–Crippen LogP) is 3.69. The number of carbonyl (C=O) groups is 1. The predicted molar refractivity (Wildman–Crippen MR) is 124 cm³/mol. The molecule has 0 unspecified atom stereocenters. The lowest BCUT2D eigenvalue weighted by Crippen LogP contribution is -2.47. The van der Waals surface area contributed by atoms with Crippen LogP contribution in [-0.4, -0.2) is 56.8 Å². The van der Waals surface area contributed by atoms with Gasteiger partial charge in [0.15, 0.2) is 0 Å². The summed E-state index contributed by atoms with van der Waals surface area (Å²) in [5.74, 6) is -0.398. The summed E-state index contributed by atoms with van der Waals surface area (Å²) in [5, 5.41) is 3.19. The van der Waals surface area contributed by atoms with E-state index in [-0.39, 0.29) is 21.5 Å². The summed E-state index contributed by atoms with van der Waals surface area (Å²) < 4.78 is 27.6. The van der Waals surface area contributed by atoms with Gasteiger partial charge < -0.3 is 10.2 Å². The average Bonchev–Trinajstić information content (AvgIpc) is 2.71. The van der Waals surface area contributed by atoms with Crippen LogP contribution in [0.25, 0.3) is 0 Å². The molecule has 0 aliphatic carbocycles. The normalized spacial score (nSPS) is 16.8. The Bertz CT molecular complexity index is 1090. The molecule has 1 atom stereocenters. The lowest BCUT2D eigenvalue weighted by atomic mass is 9.96. The Balaban J connectivity index is 1.84. The van der Waals surface area contributed by atoms with Crippen molar-refractivity contribution in [2.75, 3.05) is 33.2 Å². The van der Waals surface area contributed by atoms with E-state index in [9.17, 15) is 13.2 Å². The van der Waals surface area contributed by atoms with Crippen molar-refractivity contribution < 1.29 is 13.2 Å². The molecule has 1 heterocycles. The SMILES string of the molecule is Cc1cc(C)c([C@H](C)NC(=O)c2cc(S(=O)(=O)N3CCN(C)CC3)ccc2Cl)cc1C. The molecule has 8 heteroatoms. The number of rotatable bonds is 5. The number of likely N-dealkylation sites (N-methyl/N-ethyl adjacent to an activating group) is 1. The highest BCUT2D eigenvalue weighted by molar-refractivity contribution is 7.89. The largest absolute Gasteiger partial charge is 0.345 e. The first kappa shape index (κ1) is 23.7. The van der Waals surface area contributed by atoms with Gasteiger partial charge in [-0.25, -0.2) is 8.42 Å². The van der Waals surface area contributed by atoms with Gasteiger partial charge >= 0.3 is 0 Å². The first-order valence-corrected chi connectivity index (χ1v) is 12.2. The Hall–Kier alpha value is -1.93. The van der Waals surface area contributed by atoms with Crippen LogP contribution in [0.15, 0.2) is 35.2 Å². The van der Waals surface area contributed by atoms with Gasteiger partial charge in [-0.15, -0.1) is 0 Å². The zero-order valence-corrected chi connectivity index (χ0v) is 20.3. The van der Waals surface area contributed by atoms with Crippen LogP contribution in [0.4, 0.5) is 0 Å². The number of halogens is 1. The van der Waals surface area contributed by atoms with Gasteiger partial charge in [-0.1, -0.05) is 23.7 Å². The minimum Gasteiger partial charge on any atom is -0.345 e. The lowest BCUT2D eigenvalue weighted by molar-refractivity contribution is 0.0939. The smallest absolute Gasteiger partial charge is 0.253 e. The number of piperazine rings is 1. The van der Waals surface area contributed by atoms with E-state index in [1.807, 2.05) is 27.8 Å². The molecule has 1 fully saturated rings. The number of carbonyl (C=O) groups excluding carboxylic acids is 1. The second kappa shape index (κ2) is 9.28. The summed E-state index contributed by atoms with van der Waals surface area (Å²) >= 11 is 6.28. The highest BCUT2D eigenvalue weighted by atomic mass is 35.5. The average molecular weight is 464 g/mol. The third-order valence-electron chi connectivity index (χ3n) is 5.98. The van der Waals surface area contributed by atoms with Crippen molar-refractivity contribution in [3.8, 4) is 0 Å². The topological polar surface area (TPSA) is 69.7 Å². The third-order valence-corrected chi connectivity index (χ3v) is 8.20. The van der Waals surface area contributed by atoms with Crippen LogP contribution in [0.1, 0.15) is 45.6 Å². The zero-order valence-electron chi connectivity index (χ0n) is 18.7. The van der Waals surface area contributed by atoms with E-state index >= 15 is 0 Å². The second-order valence-corrected chi connectivity index (χ2v) is 10.7. The Morgan fingerprint density at radius 3 is 2.26 bits per heavy atom. The number of aryl methyl sites for hydroxylation is 3. The number of hydrogen-bond donors (Lipinski definition) is 1. The van der Waals surface area contributed by atoms with Crippen LogP contribution < -0.4 is 5.32 Å². The van der Waals surface area contributed by atoms with Crippen molar-refractivity contribution in [2.24, 2.45) is 0 Å². The summed E-state index contributed by atoms with van der Waals surface area (Å²) in [6.07, 6.45) is 0. The quantitative estimate of drug-likeness (QED) is 0.734. The van der Waals surface area contributed by atoms with Crippen molar-refractivity contribution in [2.45, 2.75) is 38.6 Å². The maximum Gasteiger partial charge on any atom is 0.253 e. The molecule has 3 rings (SSSR count). The van der Waals surface area contributed by atoms with Gasteiger partial charge in [0.1, 0.15) is 0 Å². The van der Waals surface area contributed by atoms with Crippen LogP contribution in [0.3, 0.4) is 0 Å². The van der Waals surface area contributed by atoms with Gasteiger partial charge in [0.25, 0.3) is 5.91 Å². The van der Waals surface area contributed by atoms with E-state index in [1.165, 1.54) is 28.1 Å². The first-order chi connectivity index (χ1) is 14.5. The molecule has 1 amide bonds. The Kier molecular flexibility index (Phi) is 7.11. The van der Waals surface area contributed by atoms with Crippen LogP contribution in [0.5, 0.6) is 0 Å². The highest BCUT2D eigenvalue weighted by Gasteiger charge is 2.29. The van der Waals surface area contributed by atoms with E-state index in [4.69, 9.17) is 11.6 Å². The molecule has 0 bridgehead atoms. The van der Waals surface area contributed by atoms with E-state index in [1.54, 1.807) is 0 Å². The summed E-state index contributed by atoms with van der Waals surface area (Å²) in [6, 6.07) is 8.25. The third kappa shape index (κ3) is 5.12. The summed E-state index contributed by atoms with van der Waals surface area (Å²) in [4.78, 5) is 15.2. The monoisotopic (exact) mass is 463 g/mol. The van der Waals surface area contributed by atoms with Crippen molar-refractivity contribution in [1.29, 1.82) is 0 Å². The summed E-state index contributed by atoms with van der Waals surface area (Å²) in [5.41, 5.74) is 4.62. The van der Waals surface area contributed by atoms with Crippen LogP contribution in [0, 0.1) is 20.8 Å². The number of amides is 1. The Morgan fingerprint density at radius 1 is 1.00 bits per heavy atom. The minimum absolute atomic E-state index is 0.0848. The molecule has 1 aliphatic rings. The summed E-state index contributed by atoms with van der Waals surface area (Å²) in [7, 11) is -1.72. The van der Waals surface area contributed by atoms with Crippen molar-refractivity contribution >= 4 is 27.5 Å². The molecule has 2 aromatic rings. The lowest BCUT2D eigenvalue weighted by Gasteiger charge is -2.31. The van der Waals surface area contributed by atoms with E-state index in [2.05, 4.69) is 29.3 Å². The van der Waals surface area contributed by atoms with Crippen molar-refractivity contribution in [3.63, 3.8) is 0 Å². The summed E-state index contributed by atoms with van der Waals surface area (Å²) in [6.45, 7) is 10.2. The molecule has 0 radical (unpaired) electrons. The number of hydrogen-bond acceptors (Lipinski definition) is 4. The van der Waals surface area contributed by atoms with Gasteiger partial charge in [-0.05, 0) is 75.2 Å².